The molecule has 2 aromatic carbocycles. The molecule has 0 heterocycles. The number of hydrogen-bond donors (Lipinski definition) is 1. The Kier molecular flexibility index (Phi) is 4.02. The Bertz CT molecular complexity index is 580. The van der Waals surface area contributed by atoms with Gasteiger partial charge in [0.2, 0.25) is 0 Å². The molecule has 0 spiro atoms. The van der Waals surface area contributed by atoms with Gasteiger partial charge in [-0.2, -0.15) is 0 Å². The van der Waals surface area contributed by atoms with Crippen LogP contribution >= 0.6 is 11.6 Å². The third-order valence-corrected chi connectivity index (χ3v) is 2.80. The Hall–Kier alpha value is -1.65. The molecule has 2 nitrogen and oxygen atoms in total. The number of aliphatic hydroxyl groups is 1. The summed E-state index contributed by atoms with van der Waals surface area (Å²) >= 11 is 5.98. The molecule has 0 aliphatic rings. The molecule has 0 bridgehead atoms. The lowest BCUT2D eigenvalue weighted by Crippen LogP contribution is -1.93. The van der Waals surface area contributed by atoms with Gasteiger partial charge in [0.1, 0.15) is 23.1 Å². The average Bonchev–Trinajstić information content (AvgIpc) is 2.30. The minimum atomic E-state index is -0.730. The van der Waals surface area contributed by atoms with E-state index in [-0.39, 0.29) is 16.5 Å². The van der Waals surface area contributed by atoms with Crippen LogP contribution in [0, 0.1) is 11.6 Å². The van der Waals surface area contributed by atoms with Crippen LogP contribution in [-0.4, -0.2) is 5.11 Å². The lowest BCUT2D eigenvalue weighted by molar-refractivity contribution is 0.199. The van der Waals surface area contributed by atoms with Gasteiger partial charge in [-0.25, -0.2) is 8.78 Å². The first kappa shape index (κ1) is 13.8. The van der Waals surface area contributed by atoms with Crippen molar-refractivity contribution in [2.24, 2.45) is 0 Å². The van der Waals surface area contributed by atoms with Crippen LogP contribution in [0.5, 0.6) is 11.5 Å². The van der Waals surface area contributed by atoms with Crippen molar-refractivity contribution in [3.8, 4) is 11.5 Å². The monoisotopic (exact) mass is 284 g/mol. The zero-order chi connectivity index (χ0) is 14.0. The van der Waals surface area contributed by atoms with Crippen LogP contribution in [0.15, 0.2) is 36.4 Å². The summed E-state index contributed by atoms with van der Waals surface area (Å²) in [4.78, 5) is 0. The van der Waals surface area contributed by atoms with Gasteiger partial charge in [-0.1, -0.05) is 17.7 Å². The van der Waals surface area contributed by atoms with E-state index in [0.717, 1.165) is 18.2 Å². The summed E-state index contributed by atoms with van der Waals surface area (Å²) in [5.41, 5.74) is 0.628. The van der Waals surface area contributed by atoms with E-state index in [4.69, 9.17) is 16.3 Å². The van der Waals surface area contributed by atoms with Gasteiger partial charge in [0, 0.05) is 18.2 Å². The molecule has 0 saturated carbocycles. The van der Waals surface area contributed by atoms with Crippen LogP contribution in [0.2, 0.25) is 5.02 Å². The molecular formula is C14H11ClF2O2. The highest BCUT2D eigenvalue weighted by atomic mass is 35.5. The summed E-state index contributed by atoms with van der Waals surface area (Å²) in [5, 5.41) is 9.66. The van der Waals surface area contributed by atoms with E-state index >= 15 is 0 Å². The van der Waals surface area contributed by atoms with Gasteiger partial charge in [-0.15, -0.1) is 0 Å². The van der Waals surface area contributed by atoms with Crippen LogP contribution < -0.4 is 4.74 Å². The van der Waals surface area contributed by atoms with Crippen molar-refractivity contribution in [3.05, 3.63) is 58.6 Å². The van der Waals surface area contributed by atoms with Crippen molar-refractivity contribution < 1.29 is 18.6 Å². The largest absolute Gasteiger partial charge is 0.456 e. The van der Waals surface area contributed by atoms with Crippen molar-refractivity contribution in [2.45, 2.75) is 13.0 Å². The van der Waals surface area contributed by atoms with Crippen molar-refractivity contribution in [1.82, 2.24) is 0 Å². The summed E-state index contributed by atoms with van der Waals surface area (Å²) in [6.07, 6.45) is -0.654. The van der Waals surface area contributed by atoms with Gasteiger partial charge in [0.15, 0.2) is 0 Å². The van der Waals surface area contributed by atoms with E-state index in [1.54, 1.807) is 13.0 Å². The van der Waals surface area contributed by atoms with Crippen molar-refractivity contribution in [2.75, 3.05) is 0 Å². The molecule has 0 saturated heterocycles. The minimum Gasteiger partial charge on any atom is -0.456 e. The molecule has 0 amide bonds. The van der Waals surface area contributed by atoms with Gasteiger partial charge < -0.3 is 9.84 Å². The van der Waals surface area contributed by atoms with Gasteiger partial charge in [0.25, 0.3) is 0 Å². The topological polar surface area (TPSA) is 29.5 Å². The molecule has 1 unspecified atom stereocenters. The summed E-state index contributed by atoms with van der Waals surface area (Å²) in [6.45, 7) is 1.61. The zero-order valence-electron chi connectivity index (χ0n) is 10.0. The number of rotatable bonds is 3. The van der Waals surface area contributed by atoms with E-state index in [0.29, 0.717) is 5.56 Å². The molecule has 1 N–H and O–H groups in total. The van der Waals surface area contributed by atoms with Crippen LogP contribution in [0.4, 0.5) is 8.78 Å². The summed E-state index contributed by atoms with van der Waals surface area (Å²) in [7, 11) is 0. The second kappa shape index (κ2) is 5.55. The third kappa shape index (κ3) is 3.43. The highest BCUT2D eigenvalue weighted by Crippen LogP contribution is 2.32. The Balaban J connectivity index is 2.28. The molecular weight excluding hydrogens is 274 g/mol. The number of ether oxygens (including phenoxy) is 1. The van der Waals surface area contributed by atoms with Crippen molar-refractivity contribution in [1.29, 1.82) is 0 Å². The number of aliphatic hydroxyl groups excluding tert-OH is 1. The van der Waals surface area contributed by atoms with E-state index in [9.17, 15) is 13.9 Å². The quantitative estimate of drug-likeness (QED) is 0.901. The highest BCUT2D eigenvalue weighted by molar-refractivity contribution is 6.32. The number of hydrogen-bond acceptors (Lipinski definition) is 2. The fraction of sp³-hybridized carbons (Fsp3) is 0.143. The second-order valence-corrected chi connectivity index (χ2v) is 4.48. The fourth-order valence-electron chi connectivity index (χ4n) is 1.57. The Morgan fingerprint density at radius 3 is 2.26 bits per heavy atom. The standard InChI is InChI=1S/C14H11ClF2O2/c1-8(18)9-2-3-14(13(15)4-9)19-12-6-10(16)5-11(17)7-12/h2-8,18H,1H3. The first-order chi connectivity index (χ1) is 8.95. The van der Waals surface area contributed by atoms with Crippen LogP contribution in [-0.2, 0) is 0 Å². The minimum absolute atomic E-state index is 0.0178. The first-order valence-electron chi connectivity index (χ1n) is 5.57. The maximum atomic E-state index is 13.0. The molecule has 0 aliphatic carbocycles. The molecule has 0 radical (unpaired) electrons. The highest BCUT2D eigenvalue weighted by Gasteiger charge is 2.09. The molecule has 0 fully saturated rings. The van der Waals surface area contributed by atoms with E-state index < -0.39 is 17.7 Å². The smallest absolute Gasteiger partial charge is 0.146 e. The third-order valence-electron chi connectivity index (χ3n) is 2.50. The van der Waals surface area contributed by atoms with Crippen LogP contribution in [0.25, 0.3) is 0 Å². The van der Waals surface area contributed by atoms with Gasteiger partial charge in [-0.3, -0.25) is 0 Å². The fourth-order valence-corrected chi connectivity index (χ4v) is 1.80. The van der Waals surface area contributed by atoms with Crippen molar-refractivity contribution in [3.63, 3.8) is 0 Å². The van der Waals surface area contributed by atoms with Crippen LogP contribution in [0.1, 0.15) is 18.6 Å². The van der Waals surface area contributed by atoms with Gasteiger partial charge in [-0.05, 0) is 24.6 Å². The number of benzene rings is 2. The predicted octanol–water partition coefficient (Wildman–Crippen LogP) is 4.46. The van der Waals surface area contributed by atoms with E-state index in [1.807, 2.05) is 0 Å². The van der Waals surface area contributed by atoms with Gasteiger partial charge in [0.05, 0.1) is 11.1 Å². The van der Waals surface area contributed by atoms with Crippen molar-refractivity contribution >= 4 is 11.6 Å². The second-order valence-electron chi connectivity index (χ2n) is 4.07. The Labute approximate surface area is 114 Å². The normalized spacial score (nSPS) is 12.3. The van der Waals surface area contributed by atoms with Crippen LogP contribution in [0.3, 0.4) is 0 Å². The molecule has 19 heavy (non-hydrogen) atoms. The lowest BCUT2D eigenvalue weighted by atomic mass is 10.1. The predicted molar refractivity (Wildman–Crippen MR) is 68.5 cm³/mol. The maximum absolute atomic E-state index is 13.0. The molecule has 0 aromatic heterocycles. The molecule has 0 aliphatic heterocycles. The van der Waals surface area contributed by atoms with E-state index in [1.165, 1.54) is 12.1 Å². The molecule has 2 aromatic rings. The maximum Gasteiger partial charge on any atom is 0.146 e. The molecule has 2 rings (SSSR count). The molecule has 1 atom stereocenters. The summed E-state index contributed by atoms with van der Waals surface area (Å²) in [6, 6.07) is 7.57. The average molecular weight is 285 g/mol. The van der Waals surface area contributed by atoms with E-state index in [2.05, 4.69) is 0 Å². The van der Waals surface area contributed by atoms with Gasteiger partial charge >= 0.3 is 0 Å². The lowest BCUT2D eigenvalue weighted by Gasteiger charge is -2.10. The summed E-state index contributed by atoms with van der Waals surface area (Å²) in [5.74, 6) is -1.18. The summed E-state index contributed by atoms with van der Waals surface area (Å²) < 4.78 is 31.3. The molecule has 100 valence electrons. The SMILES string of the molecule is CC(O)c1ccc(Oc2cc(F)cc(F)c2)c(Cl)c1. The first-order valence-corrected chi connectivity index (χ1v) is 5.95. The number of halogens is 3. The zero-order valence-corrected chi connectivity index (χ0v) is 10.8. The molecule has 5 heteroatoms. The Morgan fingerprint density at radius 1 is 1.11 bits per heavy atom. The Morgan fingerprint density at radius 2 is 1.74 bits per heavy atom.